The van der Waals surface area contributed by atoms with Gasteiger partial charge in [0, 0.05) is 4.47 Å². The fraction of sp³-hybridized carbons (Fsp3) is 0.0526. The minimum Gasteiger partial charge on any atom is -0.484 e. The Bertz CT molecular complexity index is 876. The first-order chi connectivity index (χ1) is 11.7. The molecule has 3 aromatic carbocycles. The van der Waals surface area contributed by atoms with Crippen LogP contribution in [0.1, 0.15) is 5.56 Å². The number of amides is 1. The summed E-state index contributed by atoms with van der Waals surface area (Å²) >= 11 is 3.36. The fourth-order valence-corrected chi connectivity index (χ4v) is 2.43. The second-order valence-electron chi connectivity index (χ2n) is 5.14. The van der Waals surface area contributed by atoms with E-state index in [2.05, 4.69) is 26.5 Å². The second kappa shape index (κ2) is 7.75. The predicted molar refractivity (Wildman–Crippen MR) is 99.3 cm³/mol. The van der Waals surface area contributed by atoms with Gasteiger partial charge in [-0.05, 0) is 40.6 Å². The number of carbonyl (C=O) groups is 1. The van der Waals surface area contributed by atoms with Gasteiger partial charge in [0.15, 0.2) is 6.61 Å². The lowest BCUT2D eigenvalue weighted by Crippen LogP contribution is -2.24. The highest BCUT2D eigenvalue weighted by Gasteiger charge is 2.02. The van der Waals surface area contributed by atoms with Gasteiger partial charge in [0.2, 0.25) is 0 Å². The third-order valence-electron chi connectivity index (χ3n) is 3.36. The van der Waals surface area contributed by atoms with Crippen molar-refractivity contribution in [3.63, 3.8) is 0 Å². The summed E-state index contributed by atoms with van der Waals surface area (Å²) in [6.45, 7) is -0.0873. The van der Waals surface area contributed by atoms with Crippen molar-refractivity contribution in [2.75, 3.05) is 6.61 Å². The Morgan fingerprint density at radius 3 is 2.58 bits per heavy atom. The van der Waals surface area contributed by atoms with Crippen LogP contribution in [-0.4, -0.2) is 18.7 Å². The molecule has 1 N–H and O–H groups in total. The van der Waals surface area contributed by atoms with Crippen molar-refractivity contribution in [2.45, 2.75) is 0 Å². The quantitative estimate of drug-likeness (QED) is 0.532. The van der Waals surface area contributed by atoms with Gasteiger partial charge in [0.25, 0.3) is 5.91 Å². The second-order valence-corrected chi connectivity index (χ2v) is 6.06. The number of fused-ring (bicyclic) bond motifs is 1. The van der Waals surface area contributed by atoms with Gasteiger partial charge in [-0.3, -0.25) is 4.79 Å². The normalized spacial score (nSPS) is 10.9. The minimum absolute atomic E-state index is 0.0873. The van der Waals surface area contributed by atoms with Gasteiger partial charge >= 0.3 is 0 Å². The lowest BCUT2D eigenvalue weighted by molar-refractivity contribution is -0.123. The van der Waals surface area contributed by atoms with Crippen LogP contribution >= 0.6 is 15.9 Å². The topological polar surface area (TPSA) is 50.7 Å². The average molecular weight is 383 g/mol. The van der Waals surface area contributed by atoms with Gasteiger partial charge in [0.1, 0.15) is 5.75 Å². The van der Waals surface area contributed by atoms with E-state index in [1.54, 1.807) is 6.21 Å². The van der Waals surface area contributed by atoms with Crippen molar-refractivity contribution in [1.82, 2.24) is 5.43 Å². The highest BCUT2D eigenvalue weighted by molar-refractivity contribution is 9.10. The van der Waals surface area contributed by atoms with Crippen LogP contribution in [0.25, 0.3) is 10.8 Å². The van der Waals surface area contributed by atoms with Gasteiger partial charge in [0.05, 0.1) is 6.21 Å². The van der Waals surface area contributed by atoms with E-state index in [4.69, 9.17) is 4.74 Å². The summed E-state index contributed by atoms with van der Waals surface area (Å²) in [4.78, 5) is 11.8. The first-order valence-corrected chi connectivity index (χ1v) is 8.19. The molecule has 0 heterocycles. The Kier molecular flexibility index (Phi) is 5.23. The summed E-state index contributed by atoms with van der Waals surface area (Å²) < 4.78 is 6.50. The van der Waals surface area contributed by atoms with Gasteiger partial charge in [-0.1, -0.05) is 58.4 Å². The van der Waals surface area contributed by atoms with Crippen LogP contribution in [0.5, 0.6) is 5.75 Å². The van der Waals surface area contributed by atoms with E-state index in [1.807, 2.05) is 66.7 Å². The summed E-state index contributed by atoms with van der Waals surface area (Å²) in [6, 6.07) is 21.3. The zero-order valence-electron chi connectivity index (χ0n) is 12.8. The van der Waals surface area contributed by atoms with Gasteiger partial charge in [-0.2, -0.15) is 5.10 Å². The van der Waals surface area contributed by atoms with E-state index >= 15 is 0 Å². The molecule has 4 nitrogen and oxygen atoms in total. The molecule has 1 amide bonds. The SMILES string of the molecule is O=C(COc1ccc2ccccc2c1)N/N=C/c1ccc(Br)cc1. The number of benzene rings is 3. The monoisotopic (exact) mass is 382 g/mol. The first kappa shape index (κ1) is 16.2. The number of hydrazone groups is 1. The van der Waals surface area contributed by atoms with E-state index in [-0.39, 0.29) is 12.5 Å². The maximum absolute atomic E-state index is 11.8. The molecule has 0 fully saturated rings. The molecule has 0 atom stereocenters. The summed E-state index contributed by atoms with van der Waals surface area (Å²) in [5.74, 6) is 0.345. The Hall–Kier alpha value is -2.66. The Balaban J connectivity index is 1.52. The summed E-state index contributed by atoms with van der Waals surface area (Å²) in [7, 11) is 0. The van der Waals surface area contributed by atoms with Crippen LogP contribution < -0.4 is 10.2 Å². The molecule has 0 aliphatic heterocycles. The number of ether oxygens (including phenoxy) is 1. The molecule has 0 spiro atoms. The maximum Gasteiger partial charge on any atom is 0.277 e. The largest absolute Gasteiger partial charge is 0.484 e. The van der Waals surface area contributed by atoms with Crippen molar-refractivity contribution in [3.05, 3.63) is 76.8 Å². The number of carbonyl (C=O) groups excluding carboxylic acids is 1. The lowest BCUT2D eigenvalue weighted by atomic mass is 10.1. The van der Waals surface area contributed by atoms with E-state index < -0.39 is 0 Å². The third kappa shape index (κ3) is 4.43. The van der Waals surface area contributed by atoms with Crippen LogP contribution in [0.2, 0.25) is 0 Å². The molecule has 0 aliphatic carbocycles. The standard InChI is InChI=1S/C19H15BrN2O2/c20-17-8-5-14(6-9-17)12-21-22-19(23)13-24-18-10-7-15-3-1-2-4-16(15)11-18/h1-12H,13H2,(H,22,23)/b21-12+. The molecule has 5 heteroatoms. The predicted octanol–water partition coefficient (Wildman–Crippen LogP) is 4.13. The summed E-state index contributed by atoms with van der Waals surface area (Å²) in [6.07, 6.45) is 1.58. The average Bonchev–Trinajstić information content (AvgIpc) is 2.61. The van der Waals surface area contributed by atoms with Crippen molar-refractivity contribution in [3.8, 4) is 5.75 Å². The zero-order chi connectivity index (χ0) is 16.8. The highest BCUT2D eigenvalue weighted by atomic mass is 79.9. The van der Waals surface area contributed by atoms with Crippen LogP contribution in [-0.2, 0) is 4.79 Å². The first-order valence-electron chi connectivity index (χ1n) is 7.40. The third-order valence-corrected chi connectivity index (χ3v) is 3.89. The molecule has 24 heavy (non-hydrogen) atoms. The Labute approximate surface area is 148 Å². The number of hydrogen-bond donors (Lipinski definition) is 1. The van der Waals surface area contributed by atoms with Gasteiger partial charge in [-0.25, -0.2) is 5.43 Å². The summed E-state index contributed by atoms with van der Waals surface area (Å²) in [5, 5.41) is 6.12. The van der Waals surface area contributed by atoms with Crippen LogP contribution in [0.4, 0.5) is 0 Å². The molecule has 120 valence electrons. The van der Waals surface area contributed by atoms with E-state index in [0.717, 1.165) is 20.8 Å². The molecule has 3 aromatic rings. The summed E-state index contributed by atoms with van der Waals surface area (Å²) in [5.41, 5.74) is 3.34. The van der Waals surface area contributed by atoms with Crippen molar-refractivity contribution >= 4 is 38.8 Å². The molecule has 0 bridgehead atoms. The molecule has 0 aromatic heterocycles. The number of nitrogens with one attached hydrogen (secondary N) is 1. The maximum atomic E-state index is 11.8. The minimum atomic E-state index is -0.309. The molecule has 0 saturated heterocycles. The van der Waals surface area contributed by atoms with E-state index in [1.165, 1.54) is 0 Å². The van der Waals surface area contributed by atoms with Gasteiger partial charge in [-0.15, -0.1) is 0 Å². The van der Waals surface area contributed by atoms with Crippen LogP contribution in [0, 0.1) is 0 Å². The molecular formula is C19H15BrN2O2. The lowest BCUT2D eigenvalue weighted by Gasteiger charge is -2.06. The van der Waals surface area contributed by atoms with Crippen LogP contribution in [0.15, 0.2) is 76.3 Å². The van der Waals surface area contributed by atoms with E-state index in [0.29, 0.717) is 5.75 Å². The number of halogens is 1. The smallest absolute Gasteiger partial charge is 0.277 e. The highest BCUT2D eigenvalue weighted by Crippen LogP contribution is 2.20. The van der Waals surface area contributed by atoms with Gasteiger partial charge < -0.3 is 4.74 Å². The van der Waals surface area contributed by atoms with Crippen LogP contribution in [0.3, 0.4) is 0 Å². The number of rotatable bonds is 5. The van der Waals surface area contributed by atoms with E-state index in [9.17, 15) is 4.79 Å². The molecule has 0 aliphatic rings. The fourth-order valence-electron chi connectivity index (χ4n) is 2.17. The zero-order valence-corrected chi connectivity index (χ0v) is 14.4. The molecule has 0 saturated carbocycles. The molecule has 3 rings (SSSR count). The van der Waals surface area contributed by atoms with Crippen molar-refractivity contribution < 1.29 is 9.53 Å². The molecular weight excluding hydrogens is 368 g/mol. The number of hydrogen-bond acceptors (Lipinski definition) is 3. The Morgan fingerprint density at radius 2 is 1.79 bits per heavy atom. The number of nitrogens with zero attached hydrogens (tertiary/aromatic N) is 1. The van der Waals surface area contributed by atoms with Crippen molar-refractivity contribution in [2.24, 2.45) is 5.10 Å². The van der Waals surface area contributed by atoms with Crippen molar-refractivity contribution in [1.29, 1.82) is 0 Å². The molecule has 0 radical (unpaired) electrons. The molecule has 0 unspecified atom stereocenters. The Morgan fingerprint density at radius 1 is 1.04 bits per heavy atom.